The number of hydrogen-bond donors (Lipinski definition) is 1. The van der Waals surface area contributed by atoms with Crippen molar-refractivity contribution in [2.75, 3.05) is 12.9 Å². The number of aromatic nitrogens is 1. The number of nitrogens with zero attached hydrogens (tertiary/aromatic N) is 1. The molecular formula is C15H19ClF2N2O4S. The van der Waals surface area contributed by atoms with E-state index in [1.807, 2.05) is 0 Å². The molecule has 1 amide bonds. The summed E-state index contributed by atoms with van der Waals surface area (Å²) >= 11 is 5.75. The molecule has 1 aliphatic rings. The molecule has 1 N–H and O–H groups in total. The minimum Gasteiger partial charge on any atom is -0.349 e. The smallest absolute Gasteiger partial charge is 0.281 e. The lowest BCUT2D eigenvalue weighted by atomic mass is 9.86. The summed E-state index contributed by atoms with van der Waals surface area (Å²) in [5, 5.41) is 2.83. The number of amides is 1. The molecule has 1 aliphatic carbocycles. The molecular weight excluding hydrogens is 378 g/mol. The van der Waals surface area contributed by atoms with Crippen molar-refractivity contribution in [2.24, 2.45) is 5.92 Å². The molecule has 1 aromatic heterocycles. The van der Waals surface area contributed by atoms with Crippen LogP contribution in [-0.4, -0.2) is 38.2 Å². The number of pyridine rings is 1. The van der Waals surface area contributed by atoms with Gasteiger partial charge in [0.15, 0.2) is 0 Å². The number of carbonyl (C=O) groups excluding carboxylic acids is 1. The topological polar surface area (TPSA) is 85.4 Å². The van der Waals surface area contributed by atoms with Crippen molar-refractivity contribution in [1.29, 1.82) is 0 Å². The van der Waals surface area contributed by atoms with E-state index in [1.165, 1.54) is 6.07 Å². The number of nitrogens with one attached hydrogen (secondary N) is 1. The van der Waals surface area contributed by atoms with E-state index in [0.29, 0.717) is 25.7 Å². The highest BCUT2D eigenvalue weighted by Gasteiger charge is 2.26. The van der Waals surface area contributed by atoms with Crippen LogP contribution in [0.4, 0.5) is 8.78 Å². The Balaban J connectivity index is 1.92. The van der Waals surface area contributed by atoms with Crippen molar-refractivity contribution in [1.82, 2.24) is 10.3 Å². The van der Waals surface area contributed by atoms with Crippen molar-refractivity contribution < 1.29 is 26.2 Å². The Hall–Kier alpha value is -1.32. The molecule has 0 bridgehead atoms. The van der Waals surface area contributed by atoms with Crippen molar-refractivity contribution >= 4 is 27.6 Å². The van der Waals surface area contributed by atoms with Crippen LogP contribution < -0.4 is 5.32 Å². The Kier molecular flexibility index (Phi) is 6.70. The fourth-order valence-corrected chi connectivity index (χ4v) is 3.36. The second kappa shape index (κ2) is 8.37. The Morgan fingerprint density at radius 1 is 1.40 bits per heavy atom. The molecule has 10 heteroatoms. The average molecular weight is 397 g/mol. The quantitative estimate of drug-likeness (QED) is 0.747. The van der Waals surface area contributed by atoms with Crippen LogP contribution in [0.5, 0.6) is 0 Å². The normalized spacial score (nSPS) is 21.3. The molecule has 0 aromatic carbocycles. The second-order valence-corrected chi connectivity index (χ2v) is 8.15. The number of carbonyl (C=O) groups is 1. The summed E-state index contributed by atoms with van der Waals surface area (Å²) < 4.78 is 52.7. The SMILES string of the molecule is CS(=O)(=O)OCC1CCC(NC(=O)c2cc(Cl)cnc2C(F)F)CC1. The zero-order valence-corrected chi connectivity index (χ0v) is 15.1. The monoisotopic (exact) mass is 396 g/mol. The molecule has 2 rings (SSSR count). The van der Waals surface area contributed by atoms with Crippen molar-refractivity contribution in [3.8, 4) is 0 Å². The van der Waals surface area contributed by atoms with E-state index in [-0.39, 0.29) is 29.2 Å². The first kappa shape index (κ1) is 20.0. The Bertz CT molecular complexity index is 722. The van der Waals surface area contributed by atoms with Crippen molar-refractivity contribution in [2.45, 2.75) is 38.2 Å². The van der Waals surface area contributed by atoms with Crippen LogP contribution in [0.15, 0.2) is 12.3 Å². The highest BCUT2D eigenvalue weighted by atomic mass is 35.5. The van der Waals surface area contributed by atoms with Crippen molar-refractivity contribution in [3.63, 3.8) is 0 Å². The summed E-state index contributed by atoms with van der Waals surface area (Å²) in [7, 11) is -3.47. The summed E-state index contributed by atoms with van der Waals surface area (Å²) in [6.45, 7) is 0.118. The highest BCUT2D eigenvalue weighted by Crippen LogP contribution is 2.27. The molecule has 0 saturated heterocycles. The minimum atomic E-state index is -3.47. The molecule has 0 aliphatic heterocycles. The Labute approximate surface area is 150 Å². The van der Waals surface area contributed by atoms with Crippen molar-refractivity contribution in [3.05, 3.63) is 28.5 Å². The lowest BCUT2D eigenvalue weighted by molar-refractivity contribution is 0.0901. The maximum atomic E-state index is 13.0. The third-order valence-corrected chi connectivity index (χ3v) is 4.81. The molecule has 0 atom stereocenters. The zero-order valence-electron chi connectivity index (χ0n) is 13.5. The van der Waals surface area contributed by atoms with Crippen LogP contribution in [0.25, 0.3) is 0 Å². The van der Waals surface area contributed by atoms with E-state index in [0.717, 1.165) is 12.5 Å². The Morgan fingerprint density at radius 3 is 2.60 bits per heavy atom. The van der Waals surface area contributed by atoms with E-state index in [2.05, 4.69) is 10.3 Å². The zero-order chi connectivity index (χ0) is 18.6. The van der Waals surface area contributed by atoms with E-state index in [4.69, 9.17) is 15.8 Å². The summed E-state index contributed by atoms with van der Waals surface area (Å²) in [6, 6.07) is 1.00. The van der Waals surface area contributed by atoms with Crippen LogP contribution in [0.3, 0.4) is 0 Å². The van der Waals surface area contributed by atoms with Gasteiger partial charge in [-0.3, -0.25) is 14.0 Å². The summed E-state index contributed by atoms with van der Waals surface area (Å²) in [6.07, 6.45) is 1.78. The molecule has 0 radical (unpaired) electrons. The van der Waals surface area contributed by atoms with Gasteiger partial charge in [0.2, 0.25) is 0 Å². The first-order chi connectivity index (χ1) is 11.7. The number of rotatable bonds is 6. The number of alkyl halides is 2. The van der Waals surface area contributed by atoms with Gasteiger partial charge in [-0.1, -0.05) is 11.6 Å². The van der Waals surface area contributed by atoms with Gasteiger partial charge in [0.05, 0.1) is 23.4 Å². The molecule has 1 aromatic rings. The molecule has 1 saturated carbocycles. The van der Waals surface area contributed by atoms with E-state index < -0.39 is 28.1 Å². The van der Waals surface area contributed by atoms with Crippen LogP contribution in [-0.2, 0) is 14.3 Å². The summed E-state index contributed by atoms with van der Waals surface area (Å²) in [5.41, 5.74) is -0.831. The van der Waals surface area contributed by atoms with Gasteiger partial charge in [-0.15, -0.1) is 0 Å². The number of hydrogen-bond acceptors (Lipinski definition) is 5. The van der Waals surface area contributed by atoms with Crippen LogP contribution in [0.1, 0.15) is 48.2 Å². The molecule has 0 unspecified atom stereocenters. The third kappa shape index (κ3) is 6.16. The van der Waals surface area contributed by atoms with Gasteiger partial charge < -0.3 is 5.32 Å². The van der Waals surface area contributed by atoms with Crippen LogP contribution >= 0.6 is 11.6 Å². The van der Waals surface area contributed by atoms with Crippen LogP contribution in [0, 0.1) is 5.92 Å². The first-order valence-corrected chi connectivity index (χ1v) is 9.94. The average Bonchev–Trinajstić information content (AvgIpc) is 2.53. The third-order valence-electron chi connectivity index (χ3n) is 4.04. The Morgan fingerprint density at radius 2 is 2.04 bits per heavy atom. The predicted molar refractivity (Wildman–Crippen MR) is 88.2 cm³/mol. The number of halogens is 3. The largest absolute Gasteiger partial charge is 0.349 e. The van der Waals surface area contributed by atoms with Gasteiger partial charge in [0.25, 0.3) is 22.5 Å². The lowest BCUT2D eigenvalue weighted by Gasteiger charge is -2.28. The summed E-state index contributed by atoms with van der Waals surface area (Å²) in [5.74, 6) is -0.548. The maximum absolute atomic E-state index is 13.0. The van der Waals surface area contributed by atoms with Crippen LogP contribution in [0.2, 0.25) is 5.02 Å². The van der Waals surface area contributed by atoms with Gasteiger partial charge in [0, 0.05) is 12.2 Å². The lowest BCUT2D eigenvalue weighted by Crippen LogP contribution is -2.38. The standard InChI is InChI=1S/C15H19ClF2N2O4S/c1-25(22,23)24-8-9-2-4-11(5-3-9)20-15(21)12-6-10(16)7-19-13(12)14(17)18/h6-7,9,11,14H,2-5,8H2,1H3,(H,20,21). The van der Waals surface area contributed by atoms with Gasteiger partial charge in [-0.05, 0) is 37.7 Å². The molecule has 1 heterocycles. The van der Waals surface area contributed by atoms with Gasteiger partial charge in [-0.25, -0.2) is 8.78 Å². The molecule has 140 valence electrons. The maximum Gasteiger partial charge on any atom is 0.281 e. The fourth-order valence-electron chi connectivity index (χ4n) is 2.76. The van der Waals surface area contributed by atoms with E-state index in [9.17, 15) is 22.0 Å². The minimum absolute atomic E-state index is 0.0901. The van der Waals surface area contributed by atoms with Gasteiger partial charge in [0.1, 0.15) is 5.69 Å². The second-order valence-electron chi connectivity index (χ2n) is 6.07. The van der Waals surface area contributed by atoms with Gasteiger partial charge in [-0.2, -0.15) is 8.42 Å². The molecule has 0 spiro atoms. The highest BCUT2D eigenvalue weighted by molar-refractivity contribution is 7.85. The predicted octanol–water partition coefficient (Wildman–Crippen LogP) is 2.94. The summed E-state index contributed by atoms with van der Waals surface area (Å²) in [4.78, 5) is 15.8. The fraction of sp³-hybridized carbons (Fsp3) is 0.600. The van der Waals surface area contributed by atoms with Gasteiger partial charge >= 0.3 is 0 Å². The molecule has 1 fully saturated rings. The first-order valence-electron chi connectivity index (χ1n) is 7.74. The molecule has 6 nitrogen and oxygen atoms in total. The van der Waals surface area contributed by atoms with E-state index in [1.54, 1.807) is 0 Å². The molecule has 25 heavy (non-hydrogen) atoms. The van der Waals surface area contributed by atoms with E-state index >= 15 is 0 Å².